The Labute approximate surface area is 168 Å². The minimum absolute atomic E-state index is 0.120. The van der Waals surface area contributed by atoms with Gasteiger partial charge in [-0.2, -0.15) is 12.6 Å². The Hall–Kier alpha value is -1.67. The lowest BCUT2D eigenvalue weighted by Gasteiger charge is -2.39. The van der Waals surface area contributed by atoms with Crippen LogP contribution in [0, 0.1) is 0 Å². The standard InChI is InChI=1S/C19H24N2O4S2/c22-17(15(26)11-12-5-2-1-3-6-12)20-13-9-10-27-16-8-4-7-14(19(24)25)21(16)18(13)23/h1-3,5-6,13-16,26H,4,7-11H2,(H,20,22)(H,24,25)/t13-,14?,15?,16-/m0/s1. The van der Waals surface area contributed by atoms with Crippen LogP contribution in [0.4, 0.5) is 0 Å². The number of nitrogens with zero attached hydrogens (tertiary/aromatic N) is 1. The van der Waals surface area contributed by atoms with Gasteiger partial charge in [0.2, 0.25) is 11.8 Å². The fourth-order valence-electron chi connectivity index (χ4n) is 3.62. The van der Waals surface area contributed by atoms with E-state index < -0.39 is 23.3 Å². The van der Waals surface area contributed by atoms with Gasteiger partial charge in [-0.25, -0.2) is 4.79 Å². The number of amides is 2. The predicted molar refractivity (Wildman–Crippen MR) is 108 cm³/mol. The molecule has 2 saturated heterocycles. The molecule has 0 saturated carbocycles. The van der Waals surface area contributed by atoms with E-state index in [0.29, 0.717) is 25.0 Å². The van der Waals surface area contributed by atoms with Gasteiger partial charge in [0.25, 0.3) is 0 Å². The average Bonchev–Trinajstić information content (AvgIpc) is 2.81. The second kappa shape index (κ2) is 9.01. The molecule has 2 heterocycles. The number of carboxylic acid groups (broad SMARTS) is 1. The summed E-state index contributed by atoms with van der Waals surface area (Å²) >= 11 is 6.01. The summed E-state index contributed by atoms with van der Waals surface area (Å²) in [6.07, 6.45) is 3.02. The first kappa shape index (κ1) is 20.1. The Kier molecular flexibility index (Phi) is 6.70. The molecule has 6 nitrogen and oxygen atoms in total. The van der Waals surface area contributed by atoms with Crippen LogP contribution in [-0.2, 0) is 20.8 Å². The molecule has 0 bridgehead atoms. The SMILES string of the molecule is O=C(N[C@H]1CCS[C@H]2CCCC(C(=O)O)N2C1=O)C(S)Cc1ccccc1. The van der Waals surface area contributed by atoms with Crippen molar-refractivity contribution in [1.29, 1.82) is 0 Å². The molecule has 0 spiro atoms. The molecular weight excluding hydrogens is 384 g/mol. The minimum atomic E-state index is -0.975. The first-order chi connectivity index (χ1) is 13.0. The molecule has 27 heavy (non-hydrogen) atoms. The van der Waals surface area contributed by atoms with Gasteiger partial charge in [0.1, 0.15) is 12.1 Å². The van der Waals surface area contributed by atoms with Crippen LogP contribution in [0.3, 0.4) is 0 Å². The molecular formula is C19H24N2O4S2. The summed E-state index contributed by atoms with van der Waals surface area (Å²) in [5.41, 5.74) is 0.998. The van der Waals surface area contributed by atoms with Crippen molar-refractivity contribution in [2.24, 2.45) is 0 Å². The highest BCUT2D eigenvalue weighted by atomic mass is 32.2. The molecule has 2 amide bonds. The van der Waals surface area contributed by atoms with E-state index in [4.69, 9.17) is 0 Å². The number of aliphatic carboxylic acids is 1. The van der Waals surface area contributed by atoms with Gasteiger partial charge in [-0.1, -0.05) is 30.3 Å². The summed E-state index contributed by atoms with van der Waals surface area (Å²) < 4.78 is 0. The number of carboxylic acids is 1. The summed E-state index contributed by atoms with van der Waals surface area (Å²) in [6, 6.07) is 8.08. The van der Waals surface area contributed by atoms with Crippen LogP contribution in [0.2, 0.25) is 0 Å². The molecule has 0 aromatic heterocycles. The van der Waals surface area contributed by atoms with Crippen molar-refractivity contribution in [2.75, 3.05) is 5.75 Å². The van der Waals surface area contributed by atoms with Gasteiger partial charge < -0.3 is 15.3 Å². The van der Waals surface area contributed by atoms with E-state index in [0.717, 1.165) is 18.4 Å². The number of benzene rings is 1. The van der Waals surface area contributed by atoms with Crippen LogP contribution in [-0.4, -0.2) is 56.3 Å². The lowest BCUT2D eigenvalue weighted by Crippen LogP contribution is -2.57. The van der Waals surface area contributed by atoms with Gasteiger partial charge in [0, 0.05) is 0 Å². The van der Waals surface area contributed by atoms with E-state index in [-0.39, 0.29) is 17.2 Å². The molecule has 1 aromatic rings. The summed E-state index contributed by atoms with van der Waals surface area (Å²) in [5.74, 6) is -0.851. The van der Waals surface area contributed by atoms with E-state index in [1.807, 2.05) is 30.3 Å². The maximum absolute atomic E-state index is 13.0. The van der Waals surface area contributed by atoms with Crippen LogP contribution in [0.5, 0.6) is 0 Å². The molecule has 3 rings (SSSR count). The number of carbonyl (C=O) groups excluding carboxylic acids is 2. The molecule has 4 atom stereocenters. The second-order valence-electron chi connectivity index (χ2n) is 6.91. The molecule has 0 aliphatic carbocycles. The number of thiol groups is 1. The quantitative estimate of drug-likeness (QED) is 0.648. The third-order valence-corrected chi connectivity index (χ3v) is 6.76. The van der Waals surface area contributed by atoms with E-state index in [2.05, 4.69) is 17.9 Å². The molecule has 2 unspecified atom stereocenters. The molecule has 146 valence electrons. The monoisotopic (exact) mass is 408 g/mol. The highest BCUT2D eigenvalue weighted by Gasteiger charge is 2.43. The van der Waals surface area contributed by atoms with Gasteiger partial charge in [-0.05, 0) is 43.4 Å². The summed E-state index contributed by atoms with van der Waals surface area (Å²) in [6.45, 7) is 0. The van der Waals surface area contributed by atoms with Crippen LogP contribution >= 0.6 is 24.4 Å². The number of thioether (sulfide) groups is 1. The number of hydrogen-bond donors (Lipinski definition) is 3. The predicted octanol–water partition coefficient (Wildman–Crippen LogP) is 1.94. The molecule has 2 aliphatic heterocycles. The Balaban J connectivity index is 1.67. The van der Waals surface area contributed by atoms with Gasteiger partial charge in [0.15, 0.2) is 0 Å². The van der Waals surface area contributed by atoms with Crippen LogP contribution < -0.4 is 5.32 Å². The first-order valence-electron chi connectivity index (χ1n) is 9.16. The summed E-state index contributed by atoms with van der Waals surface area (Å²) in [7, 11) is 0. The zero-order valence-corrected chi connectivity index (χ0v) is 16.6. The number of nitrogens with one attached hydrogen (secondary N) is 1. The van der Waals surface area contributed by atoms with Gasteiger partial charge in [-0.15, -0.1) is 11.8 Å². The molecule has 2 N–H and O–H groups in total. The van der Waals surface area contributed by atoms with E-state index in [1.165, 1.54) is 4.90 Å². The maximum atomic E-state index is 13.0. The Morgan fingerprint density at radius 1 is 1.26 bits per heavy atom. The van der Waals surface area contributed by atoms with Gasteiger partial charge in [0.05, 0.1) is 10.6 Å². The Morgan fingerprint density at radius 3 is 2.70 bits per heavy atom. The summed E-state index contributed by atoms with van der Waals surface area (Å²) in [4.78, 5) is 38.7. The normalized spacial score (nSPS) is 26.6. The van der Waals surface area contributed by atoms with Crippen molar-refractivity contribution in [3.05, 3.63) is 35.9 Å². The lowest BCUT2D eigenvalue weighted by atomic mass is 10.00. The van der Waals surface area contributed by atoms with Crippen molar-refractivity contribution in [2.45, 2.75) is 54.8 Å². The van der Waals surface area contributed by atoms with Crippen LogP contribution in [0.25, 0.3) is 0 Å². The fourth-order valence-corrected chi connectivity index (χ4v) is 5.30. The van der Waals surface area contributed by atoms with Crippen LogP contribution in [0.15, 0.2) is 30.3 Å². The molecule has 2 fully saturated rings. The molecule has 0 radical (unpaired) electrons. The number of fused-ring (bicyclic) bond motifs is 1. The molecule has 8 heteroatoms. The highest BCUT2D eigenvalue weighted by molar-refractivity contribution is 7.99. The van der Waals surface area contributed by atoms with Crippen molar-refractivity contribution in [1.82, 2.24) is 10.2 Å². The number of hydrogen-bond acceptors (Lipinski definition) is 5. The number of piperidine rings is 1. The maximum Gasteiger partial charge on any atom is 0.326 e. The highest BCUT2D eigenvalue weighted by Crippen LogP contribution is 2.34. The fraction of sp³-hybridized carbons (Fsp3) is 0.526. The van der Waals surface area contributed by atoms with Crippen LogP contribution in [0.1, 0.15) is 31.2 Å². The third kappa shape index (κ3) is 4.79. The number of carbonyl (C=O) groups is 3. The number of rotatable bonds is 5. The largest absolute Gasteiger partial charge is 0.480 e. The Bertz CT molecular complexity index is 700. The first-order valence-corrected chi connectivity index (χ1v) is 10.7. The molecule has 2 aliphatic rings. The van der Waals surface area contributed by atoms with Crippen molar-refractivity contribution >= 4 is 42.2 Å². The van der Waals surface area contributed by atoms with Gasteiger partial charge >= 0.3 is 5.97 Å². The third-order valence-electron chi connectivity index (χ3n) is 5.02. The van der Waals surface area contributed by atoms with E-state index >= 15 is 0 Å². The van der Waals surface area contributed by atoms with Crippen molar-refractivity contribution in [3.8, 4) is 0 Å². The smallest absolute Gasteiger partial charge is 0.326 e. The topological polar surface area (TPSA) is 86.7 Å². The second-order valence-corrected chi connectivity index (χ2v) is 8.82. The summed E-state index contributed by atoms with van der Waals surface area (Å²) in [5, 5.41) is 11.6. The van der Waals surface area contributed by atoms with Gasteiger partial charge in [-0.3, -0.25) is 9.59 Å². The van der Waals surface area contributed by atoms with E-state index in [1.54, 1.807) is 11.8 Å². The average molecular weight is 409 g/mol. The zero-order chi connectivity index (χ0) is 19.4. The molecule has 1 aromatic carbocycles. The minimum Gasteiger partial charge on any atom is -0.480 e. The Morgan fingerprint density at radius 2 is 2.00 bits per heavy atom. The lowest BCUT2D eigenvalue weighted by molar-refractivity contribution is -0.154. The van der Waals surface area contributed by atoms with Crippen molar-refractivity contribution in [3.63, 3.8) is 0 Å². The zero-order valence-electron chi connectivity index (χ0n) is 14.9. The van der Waals surface area contributed by atoms with Crippen molar-refractivity contribution < 1.29 is 19.5 Å². The van der Waals surface area contributed by atoms with E-state index in [9.17, 15) is 19.5 Å².